The lowest BCUT2D eigenvalue weighted by Gasteiger charge is -2.42. The SMILES string of the molecule is CCN[C@H](CCO)CN[C@H](CO[Si](c1ccccc1)(c1ccccc1)C(C)(C)C=O)C(=O)OC. The van der Waals surface area contributed by atoms with Gasteiger partial charge < -0.3 is 29.7 Å². The highest BCUT2D eigenvalue weighted by molar-refractivity contribution is 7.01. The van der Waals surface area contributed by atoms with Crippen LogP contribution in [0.2, 0.25) is 5.04 Å². The van der Waals surface area contributed by atoms with E-state index < -0.39 is 25.4 Å². The second kappa shape index (κ2) is 13.5. The maximum atomic E-state index is 12.7. The highest BCUT2D eigenvalue weighted by atomic mass is 28.4. The molecule has 2 aromatic rings. The molecular formula is C26H38N2O5Si. The number of aldehydes is 1. The summed E-state index contributed by atoms with van der Waals surface area (Å²) in [6.07, 6.45) is 1.52. The number of methoxy groups -OCH3 is 1. The quantitative estimate of drug-likeness (QED) is 0.198. The van der Waals surface area contributed by atoms with Crippen molar-refractivity contribution >= 4 is 30.9 Å². The van der Waals surface area contributed by atoms with Gasteiger partial charge in [-0.3, -0.25) is 4.79 Å². The van der Waals surface area contributed by atoms with E-state index in [0.717, 1.165) is 23.2 Å². The number of esters is 1. The second-order valence-electron chi connectivity index (χ2n) is 8.81. The van der Waals surface area contributed by atoms with Crippen LogP contribution in [-0.2, 0) is 18.8 Å². The van der Waals surface area contributed by atoms with Crippen molar-refractivity contribution < 1.29 is 23.9 Å². The summed E-state index contributed by atoms with van der Waals surface area (Å²) < 4.78 is 11.8. The molecule has 0 spiro atoms. The van der Waals surface area contributed by atoms with Crippen LogP contribution in [0.25, 0.3) is 0 Å². The van der Waals surface area contributed by atoms with E-state index in [4.69, 9.17) is 9.16 Å². The molecule has 3 N–H and O–H groups in total. The van der Waals surface area contributed by atoms with Crippen LogP contribution >= 0.6 is 0 Å². The molecule has 2 aromatic carbocycles. The fourth-order valence-corrected chi connectivity index (χ4v) is 8.69. The Labute approximate surface area is 204 Å². The average molecular weight is 487 g/mol. The Bertz CT molecular complexity index is 834. The Morgan fingerprint density at radius 2 is 1.62 bits per heavy atom. The molecule has 0 fully saturated rings. The fourth-order valence-electron chi connectivity index (χ4n) is 4.26. The van der Waals surface area contributed by atoms with Crippen LogP contribution in [0.1, 0.15) is 27.2 Å². The smallest absolute Gasteiger partial charge is 0.325 e. The van der Waals surface area contributed by atoms with Gasteiger partial charge in [0.1, 0.15) is 12.3 Å². The van der Waals surface area contributed by atoms with Crippen LogP contribution in [0.15, 0.2) is 60.7 Å². The third-order valence-corrected chi connectivity index (χ3v) is 10.9. The van der Waals surface area contributed by atoms with Crippen LogP contribution < -0.4 is 21.0 Å². The van der Waals surface area contributed by atoms with Gasteiger partial charge in [-0.15, -0.1) is 0 Å². The molecule has 0 unspecified atom stereocenters. The van der Waals surface area contributed by atoms with Crippen LogP contribution in [-0.4, -0.2) is 71.2 Å². The third-order valence-electron chi connectivity index (χ3n) is 6.10. The molecular weight excluding hydrogens is 448 g/mol. The molecule has 0 aliphatic heterocycles. The molecule has 8 heteroatoms. The standard InChI is InChI=1S/C26H38N2O5Si/c1-5-27-21(16-17-29)18-28-24(25(31)32-4)19-33-34(26(2,3)20-30,22-12-8-6-9-13-22)23-14-10-7-11-15-23/h6-15,20-21,24,27-29H,5,16-19H2,1-4H3/t21-,24-/m1/s1. The van der Waals surface area contributed by atoms with Crippen molar-refractivity contribution in [2.45, 2.75) is 44.3 Å². The van der Waals surface area contributed by atoms with Crippen molar-refractivity contribution in [2.24, 2.45) is 0 Å². The number of carbonyl (C=O) groups excluding carboxylic acids is 2. The number of carbonyl (C=O) groups is 2. The fraction of sp³-hybridized carbons (Fsp3) is 0.462. The zero-order chi connectivity index (χ0) is 25.0. The van der Waals surface area contributed by atoms with Crippen molar-refractivity contribution in [1.29, 1.82) is 0 Å². The first-order chi connectivity index (χ1) is 16.4. The van der Waals surface area contributed by atoms with Gasteiger partial charge in [-0.2, -0.15) is 0 Å². The second-order valence-corrected chi connectivity index (χ2v) is 12.9. The number of nitrogens with one attached hydrogen (secondary N) is 2. The molecule has 0 aliphatic rings. The predicted octanol–water partition coefficient (Wildman–Crippen LogP) is 1.23. The maximum absolute atomic E-state index is 12.7. The largest absolute Gasteiger partial charge is 0.468 e. The first-order valence-electron chi connectivity index (χ1n) is 11.7. The molecule has 7 nitrogen and oxygen atoms in total. The monoisotopic (exact) mass is 486 g/mol. The van der Waals surface area contributed by atoms with Crippen molar-refractivity contribution in [3.63, 3.8) is 0 Å². The number of benzene rings is 2. The van der Waals surface area contributed by atoms with Gasteiger partial charge in [0.05, 0.1) is 13.7 Å². The molecule has 0 saturated heterocycles. The van der Waals surface area contributed by atoms with Gasteiger partial charge >= 0.3 is 5.97 Å². The summed E-state index contributed by atoms with van der Waals surface area (Å²) in [5, 5.41) is 17.0. The molecule has 0 bridgehead atoms. The lowest BCUT2D eigenvalue weighted by Crippen LogP contribution is -2.68. The molecule has 2 rings (SSSR count). The Morgan fingerprint density at radius 1 is 1.06 bits per heavy atom. The number of likely N-dealkylation sites (N-methyl/N-ethyl adjacent to an activating group) is 1. The Morgan fingerprint density at radius 3 is 2.06 bits per heavy atom. The van der Waals surface area contributed by atoms with Crippen LogP contribution in [0.5, 0.6) is 0 Å². The van der Waals surface area contributed by atoms with E-state index in [1.54, 1.807) is 0 Å². The summed E-state index contributed by atoms with van der Waals surface area (Å²) in [7, 11) is -1.81. The lowest BCUT2D eigenvalue weighted by atomic mass is 10.2. The maximum Gasteiger partial charge on any atom is 0.325 e. The minimum absolute atomic E-state index is 0.00109. The predicted molar refractivity (Wildman–Crippen MR) is 137 cm³/mol. The van der Waals surface area contributed by atoms with Crippen molar-refractivity contribution in [2.75, 3.05) is 33.4 Å². The summed E-state index contributed by atoms with van der Waals surface area (Å²) in [5.41, 5.74) is 0. The molecule has 0 heterocycles. The van der Waals surface area contributed by atoms with E-state index in [1.807, 2.05) is 81.4 Å². The summed E-state index contributed by atoms with van der Waals surface area (Å²) in [4.78, 5) is 25.1. The molecule has 0 amide bonds. The number of hydrogen-bond donors (Lipinski definition) is 3. The van der Waals surface area contributed by atoms with Crippen molar-refractivity contribution in [1.82, 2.24) is 10.6 Å². The van der Waals surface area contributed by atoms with Crippen LogP contribution in [0.3, 0.4) is 0 Å². The lowest BCUT2D eigenvalue weighted by molar-refractivity contribution is -0.144. The number of aliphatic hydroxyl groups is 1. The topological polar surface area (TPSA) is 96.9 Å². The number of hydrogen-bond acceptors (Lipinski definition) is 7. The molecule has 0 saturated carbocycles. The van der Waals surface area contributed by atoms with Gasteiger partial charge in [0.15, 0.2) is 0 Å². The van der Waals surface area contributed by atoms with E-state index in [0.29, 0.717) is 13.0 Å². The Balaban J connectivity index is 2.44. The highest BCUT2D eigenvalue weighted by Gasteiger charge is 2.53. The van der Waals surface area contributed by atoms with Crippen molar-refractivity contribution in [3.8, 4) is 0 Å². The summed E-state index contributed by atoms with van der Waals surface area (Å²) in [6, 6.07) is 18.9. The first kappa shape index (κ1) is 27.9. The molecule has 2 atom stereocenters. The van der Waals surface area contributed by atoms with Crippen LogP contribution in [0, 0.1) is 0 Å². The number of aliphatic hydroxyl groups excluding tert-OH is 1. The van der Waals surface area contributed by atoms with Gasteiger partial charge in [0.2, 0.25) is 0 Å². The van der Waals surface area contributed by atoms with E-state index in [9.17, 15) is 14.7 Å². The van der Waals surface area contributed by atoms with E-state index in [-0.39, 0.29) is 19.3 Å². The van der Waals surface area contributed by atoms with Gasteiger partial charge in [-0.25, -0.2) is 0 Å². The molecule has 0 aromatic heterocycles. The van der Waals surface area contributed by atoms with Gasteiger partial charge in [-0.05, 0) is 23.3 Å². The molecule has 0 aliphatic carbocycles. The summed E-state index contributed by atoms with van der Waals surface area (Å²) in [5.74, 6) is -0.438. The van der Waals surface area contributed by atoms with E-state index in [1.165, 1.54) is 7.11 Å². The van der Waals surface area contributed by atoms with E-state index >= 15 is 0 Å². The Hall–Kier alpha value is -2.36. The van der Waals surface area contributed by atoms with Gasteiger partial charge in [0.25, 0.3) is 8.32 Å². The zero-order valence-electron chi connectivity index (χ0n) is 20.6. The minimum Gasteiger partial charge on any atom is -0.468 e. The molecule has 186 valence electrons. The first-order valence-corrected chi connectivity index (χ1v) is 13.6. The average Bonchev–Trinajstić information content (AvgIpc) is 2.87. The van der Waals surface area contributed by atoms with E-state index in [2.05, 4.69) is 10.6 Å². The van der Waals surface area contributed by atoms with Crippen LogP contribution in [0.4, 0.5) is 0 Å². The third kappa shape index (κ3) is 6.61. The van der Waals surface area contributed by atoms with Gasteiger partial charge in [0, 0.05) is 24.2 Å². The highest BCUT2D eigenvalue weighted by Crippen LogP contribution is 2.35. The number of ether oxygens (including phenoxy) is 1. The van der Waals surface area contributed by atoms with Crippen molar-refractivity contribution in [3.05, 3.63) is 60.7 Å². The summed E-state index contributed by atoms with van der Waals surface area (Å²) in [6.45, 7) is 7.08. The summed E-state index contributed by atoms with van der Waals surface area (Å²) >= 11 is 0. The molecule has 34 heavy (non-hydrogen) atoms. The number of rotatable bonds is 15. The molecule has 0 radical (unpaired) electrons. The minimum atomic E-state index is -3.15. The normalized spacial score (nSPS) is 13.8. The Kier molecular flexibility index (Phi) is 11.1. The zero-order valence-corrected chi connectivity index (χ0v) is 21.6. The van der Waals surface area contributed by atoms with Gasteiger partial charge in [-0.1, -0.05) is 81.4 Å².